The normalized spacial score (nSPS) is 11.4. The average Bonchev–Trinajstić information content (AvgIpc) is 2.35. The van der Waals surface area contributed by atoms with Crippen molar-refractivity contribution in [2.24, 2.45) is 0 Å². The highest BCUT2D eigenvalue weighted by Gasteiger charge is 2.14. The summed E-state index contributed by atoms with van der Waals surface area (Å²) in [6.07, 6.45) is 1.37. The molecule has 2 N–H and O–H groups in total. The standard InChI is InChI=1S/C14H16BrN3O/c1-14(2,3)9-4-6-10(7-5-9)19-13-11(15)12(16)17-8-18-13/h4-8H,1-3H3,(H2,16,17,18). The van der Waals surface area contributed by atoms with Crippen molar-refractivity contribution in [1.82, 2.24) is 9.97 Å². The fourth-order valence-corrected chi connectivity index (χ4v) is 1.86. The van der Waals surface area contributed by atoms with Gasteiger partial charge in [0.05, 0.1) is 0 Å². The molecule has 4 nitrogen and oxygen atoms in total. The molecule has 0 fully saturated rings. The number of nitrogens with zero attached hydrogens (tertiary/aromatic N) is 2. The molecule has 0 aliphatic rings. The smallest absolute Gasteiger partial charge is 0.238 e. The van der Waals surface area contributed by atoms with E-state index < -0.39 is 0 Å². The molecule has 0 radical (unpaired) electrons. The zero-order valence-corrected chi connectivity index (χ0v) is 12.7. The molecule has 0 saturated heterocycles. The molecular weight excluding hydrogens is 306 g/mol. The third kappa shape index (κ3) is 3.23. The Balaban J connectivity index is 2.23. The Labute approximate surface area is 121 Å². The van der Waals surface area contributed by atoms with Crippen LogP contribution in [-0.2, 0) is 5.41 Å². The molecule has 0 saturated carbocycles. The number of nitrogens with two attached hydrogens (primary N) is 1. The Kier molecular flexibility index (Phi) is 3.75. The van der Waals surface area contributed by atoms with Gasteiger partial charge in [0.25, 0.3) is 0 Å². The first-order chi connectivity index (χ1) is 8.88. The predicted octanol–water partition coefficient (Wildman–Crippen LogP) is 3.91. The number of halogens is 1. The van der Waals surface area contributed by atoms with E-state index >= 15 is 0 Å². The van der Waals surface area contributed by atoms with Gasteiger partial charge in [0.1, 0.15) is 22.4 Å². The van der Waals surface area contributed by atoms with Gasteiger partial charge in [-0.3, -0.25) is 0 Å². The Hall–Kier alpha value is -1.62. The summed E-state index contributed by atoms with van der Waals surface area (Å²) in [5.41, 5.74) is 7.05. The minimum Gasteiger partial charge on any atom is -0.438 e. The van der Waals surface area contributed by atoms with E-state index in [0.29, 0.717) is 21.9 Å². The van der Waals surface area contributed by atoms with E-state index in [0.717, 1.165) is 0 Å². The Morgan fingerprint density at radius 3 is 2.32 bits per heavy atom. The lowest BCUT2D eigenvalue weighted by Crippen LogP contribution is -2.10. The summed E-state index contributed by atoms with van der Waals surface area (Å²) in [6, 6.07) is 7.94. The van der Waals surface area contributed by atoms with Gasteiger partial charge in [-0.1, -0.05) is 32.9 Å². The number of benzene rings is 1. The van der Waals surface area contributed by atoms with E-state index in [4.69, 9.17) is 10.5 Å². The third-order valence-electron chi connectivity index (χ3n) is 2.72. The van der Waals surface area contributed by atoms with E-state index in [9.17, 15) is 0 Å². The van der Waals surface area contributed by atoms with Crippen LogP contribution in [0.1, 0.15) is 26.3 Å². The molecule has 0 atom stereocenters. The van der Waals surface area contributed by atoms with Crippen molar-refractivity contribution in [2.75, 3.05) is 5.73 Å². The molecule has 0 bridgehead atoms. The van der Waals surface area contributed by atoms with Gasteiger partial charge in [-0.05, 0) is 39.0 Å². The zero-order valence-electron chi connectivity index (χ0n) is 11.1. The lowest BCUT2D eigenvalue weighted by Gasteiger charge is -2.19. The molecular formula is C14H16BrN3O. The minimum atomic E-state index is 0.123. The van der Waals surface area contributed by atoms with Crippen LogP contribution in [0.3, 0.4) is 0 Å². The van der Waals surface area contributed by atoms with E-state index in [2.05, 4.69) is 46.7 Å². The molecule has 1 heterocycles. The number of hydrogen-bond acceptors (Lipinski definition) is 4. The molecule has 1 aromatic heterocycles. The molecule has 2 rings (SSSR count). The monoisotopic (exact) mass is 321 g/mol. The molecule has 0 aliphatic carbocycles. The van der Waals surface area contributed by atoms with Gasteiger partial charge < -0.3 is 10.5 Å². The van der Waals surface area contributed by atoms with Crippen LogP contribution in [0.15, 0.2) is 35.1 Å². The summed E-state index contributed by atoms with van der Waals surface area (Å²) in [7, 11) is 0. The molecule has 0 aliphatic heterocycles. The van der Waals surface area contributed by atoms with Crippen molar-refractivity contribution in [3.8, 4) is 11.6 Å². The lowest BCUT2D eigenvalue weighted by molar-refractivity contribution is 0.457. The molecule has 0 spiro atoms. The van der Waals surface area contributed by atoms with Crippen molar-refractivity contribution in [3.05, 3.63) is 40.6 Å². The summed E-state index contributed by atoms with van der Waals surface area (Å²) >= 11 is 3.31. The van der Waals surface area contributed by atoms with Crippen molar-refractivity contribution < 1.29 is 4.74 Å². The van der Waals surface area contributed by atoms with Crippen molar-refractivity contribution in [1.29, 1.82) is 0 Å². The van der Waals surface area contributed by atoms with Crippen LogP contribution in [0.2, 0.25) is 0 Å². The Bertz CT molecular complexity index is 576. The van der Waals surface area contributed by atoms with Crippen molar-refractivity contribution >= 4 is 21.7 Å². The molecule has 2 aromatic rings. The second-order valence-corrected chi connectivity index (χ2v) is 6.05. The van der Waals surface area contributed by atoms with Crippen LogP contribution in [0.4, 0.5) is 5.82 Å². The van der Waals surface area contributed by atoms with E-state index in [-0.39, 0.29) is 5.41 Å². The van der Waals surface area contributed by atoms with E-state index in [1.165, 1.54) is 11.9 Å². The maximum atomic E-state index is 5.68. The molecule has 100 valence electrons. The summed E-state index contributed by atoms with van der Waals surface area (Å²) in [6.45, 7) is 6.51. The fraction of sp³-hybridized carbons (Fsp3) is 0.286. The Morgan fingerprint density at radius 1 is 1.11 bits per heavy atom. The topological polar surface area (TPSA) is 61.0 Å². The average molecular weight is 322 g/mol. The quantitative estimate of drug-likeness (QED) is 0.910. The maximum Gasteiger partial charge on any atom is 0.238 e. The van der Waals surface area contributed by atoms with Gasteiger partial charge >= 0.3 is 0 Å². The first-order valence-corrected chi connectivity index (χ1v) is 6.71. The summed E-state index contributed by atoms with van der Waals surface area (Å²) in [4.78, 5) is 7.91. The number of nitrogen functional groups attached to an aromatic ring is 1. The first-order valence-electron chi connectivity index (χ1n) is 5.92. The summed E-state index contributed by atoms with van der Waals surface area (Å²) < 4.78 is 6.24. The zero-order chi connectivity index (χ0) is 14.0. The van der Waals surface area contributed by atoms with Crippen LogP contribution in [0.5, 0.6) is 11.6 Å². The van der Waals surface area contributed by atoms with Crippen molar-refractivity contribution in [3.63, 3.8) is 0 Å². The highest BCUT2D eigenvalue weighted by Crippen LogP contribution is 2.31. The SMILES string of the molecule is CC(C)(C)c1ccc(Oc2ncnc(N)c2Br)cc1. The van der Waals surface area contributed by atoms with Gasteiger partial charge in [0, 0.05) is 0 Å². The van der Waals surface area contributed by atoms with Crippen molar-refractivity contribution in [2.45, 2.75) is 26.2 Å². The van der Waals surface area contributed by atoms with E-state index in [1.54, 1.807) is 0 Å². The number of rotatable bonds is 2. The van der Waals surface area contributed by atoms with Crippen LogP contribution in [0, 0.1) is 0 Å². The van der Waals surface area contributed by atoms with Gasteiger partial charge in [0.2, 0.25) is 5.88 Å². The summed E-state index contributed by atoms with van der Waals surface area (Å²) in [5, 5.41) is 0. The van der Waals surface area contributed by atoms with Gasteiger partial charge in [-0.25, -0.2) is 9.97 Å². The summed E-state index contributed by atoms with van der Waals surface area (Å²) in [5.74, 6) is 1.49. The maximum absolute atomic E-state index is 5.68. The van der Waals surface area contributed by atoms with Crippen LogP contribution < -0.4 is 10.5 Å². The number of anilines is 1. The highest BCUT2D eigenvalue weighted by atomic mass is 79.9. The van der Waals surface area contributed by atoms with Gasteiger partial charge in [-0.15, -0.1) is 0 Å². The van der Waals surface area contributed by atoms with E-state index in [1.807, 2.05) is 24.3 Å². The predicted molar refractivity (Wildman–Crippen MR) is 79.4 cm³/mol. The molecule has 0 unspecified atom stereocenters. The van der Waals surface area contributed by atoms with Gasteiger partial charge in [-0.2, -0.15) is 0 Å². The number of ether oxygens (including phenoxy) is 1. The molecule has 1 aromatic carbocycles. The highest BCUT2D eigenvalue weighted by molar-refractivity contribution is 9.10. The lowest BCUT2D eigenvalue weighted by atomic mass is 9.87. The minimum absolute atomic E-state index is 0.123. The first kappa shape index (κ1) is 13.8. The molecule has 0 amide bonds. The van der Waals surface area contributed by atoms with Crippen LogP contribution in [-0.4, -0.2) is 9.97 Å². The largest absolute Gasteiger partial charge is 0.438 e. The second-order valence-electron chi connectivity index (χ2n) is 5.25. The van der Waals surface area contributed by atoms with Gasteiger partial charge in [0.15, 0.2) is 0 Å². The fourth-order valence-electron chi connectivity index (χ4n) is 1.57. The van der Waals surface area contributed by atoms with Crippen LogP contribution in [0.25, 0.3) is 0 Å². The second kappa shape index (κ2) is 5.17. The molecule has 19 heavy (non-hydrogen) atoms. The number of hydrogen-bond donors (Lipinski definition) is 1. The third-order valence-corrected chi connectivity index (χ3v) is 3.46. The number of aromatic nitrogens is 2. The van der Waals surface area contributed by atoms with Crippen LogP contribution >= 0.6 is 15.9 Å². The molecule has 5 heteroatoms. The Morgan fingerprint density at radius 2 is 1.74 bits per heavy atom.